The summed E-state index contributed by atoms with van der Waals surface area (Å²) in [6, 6.07) is 0.534. The highest BCUT2D eigenvalue weighted by Gasteiger charge is 2.23. The van der Waals surface area contributed by atoms with E-state index in [1.165, 1.54) is 24.4 Å². The molecule has 2 aromatic rings. The first-order valence-electron chi connectivity index (χ1n) is 6.35. The molecule has 0 aromatic carbocycles. The summed E-state index contributed by atoms with van der Waals surface area (Å²) in [6.07, 6.45) is 6.27. The van der Waals surface area contributed by atoms with Crippen LogP contribution in [-0.2, 0) is 0 Å². The Morgan fingerprint density at radius 3 is 3.00 bits per heavy atom. The Bertz CT molecular complexity index is 552. The first-order valence-corrected chi connectivity index (χ1v) is 7.12. The van der Waals surface area contributed by atoms with Crippen LogP contribution in [0.15, 0.2) is 6.33 Å². The quantitative estimate of drug-likeness (QED) is 0.867. The predicted octanol–water partition coefficient (Wildman–Crippen LogP) is 2.08. The fraction of sp³-hybridized carbons (Fsp3) is 0.583. The van der Waals surface area contributed by atoms with Gasteiger partial charge in [0.1, 0.15) is 17.0 Å². The standard InChI is InChI=1S/C12H17N5S/c1-7-10-11(14-6-15-12(10)18-17-7)16-9-5-3-2-4-8(9)13/h6,8-9H,2-5,13H2,1H3,(H,14,15,16). The monoisotopic (exact) mass is 263 g/mol. The second-order valence-electron chi connectivity index (χ2n) is 4.87. The summed E-state index contributed by atoms with van der Waals surface area (Å²) in [5, 5.41) is 4.53. The molecule has 2 heterocycles. The highest BCUT2D eigenvalue weighted by molar-refractivity contribution is 7.13. The Morgan fingerprint density at radius 1 is 1.33 bits per heavy atom. The number of hydrogen-bond donors (Lipinski definition) is 2. The van der Waals surface area contributed by atoms with Gasteiger partial charge in [-0.1, -0.05) is 12.8 Å². The lowest BCUT2D eigenvalue weighted by molar-refractivity contribution is 0.403. The van der Waals surface area contributed by atoms with Crippen LogP contribution >= 0.6 is 11.5 Å². The molecule has 1 fully saturated rings. The summed E-state index contributed by atoms with van der Waals surface area (Å²) in [4.78, 5) is 9.55. The van der Waals surface area contributed by atoms with Crippen molar-refractivity contribution in [2.75, 3.05) is 5.32 Å². The fourth-order valence-electron chi connectivity index (χ4n) is 2.55. The smallest absolute Gasteiger partial charge is 0.149 e. The van der Waals surface area contributed by atoms with Crippen LogP contribution in [0.4, 0.5) is 5.82 Å². The van der Waals surface area contributed by atoms with E-state index in [1.54, 1.807) is 6.33 Å². The number of nitrogens with zero attached hydrogens (tertiary/aromatic N) is 3. The first-order chi connectivity index (χ1) is 8.75. The van der Waals surface area contributed by atoms with E-state index >= 15 is 0 Å². The van der Waals surface area contributed by atoms with E-state index in [-0.39, 0.29) is 6.04 Å². The lowest BCUT2D eigenvalue weighted by atomic mass is 9.91. The Kier molecular flexibility index (Phi) is 3.13. The molecule has 0 saturated heterocycles. The van der Waals surface area contributed by atoms with Gasteiger partial charge in [-0.25, -0.2) is 9.97 Å². The molecule has 2 unspecified atom stereocenters. The molecule has 0 amide bonds. The zero-order valence-electron chi connectivity index (χ0n) is 10.4. The average Bonchev–Trinajstić information content (AvgIpc) is 2.75. The molecule has 6 heteroatoms. The summed E-state index contributed by atoms with van der Waals surface area (Å²) in [6.45, 7) is 1.99. The minimum atomic E-state index is 0.218. The number of rotatable bonds is 2. The molecule has 5 nitrogen and oxygen atoms in total. The van der Waals surface area contributed by atoms with Crippen molar-refractivity contribution in [1.29, 1.82) is 0 Å². The first kappa shape index (κ1) is 11.8. The van der Waals surface area contributed by atoms with Gasteiger partial charge < -0.3 is 11.1 Å². The van der Waals surface area contributed by atoms with E-state index in [2.05, 4.69) is 19.7 Å². The Labute approximate surface area is 110 Å². The topological polar surface area (TPSA) is 76.7 Å². The predicted molar refractivity (Wildman–Crippen MR) is 73.8 cm³/mol. The number of aryl methyl sites for hydroxylation is 1. The summed E-state index contributed by atoms with van der Waals surface area (Å²) in [5.74, 6) is 0.883. The van der Waals surface area contributed by atoms with Gasteiger partial charge in [-0.05, 0) is 31.3 Å². The SMILES string of the molecule is Cc1nsc2ncnc(NC3CCCCC3N)c12. The van der Waals surface area contributed by atoms with Crippen LogP contribution in [0.5, 0.6) is 0 Å². The molecular formula is C12H17N5S. The molecule has 1 aliphatic carbocycles. The highest BCUT2D eigenvalue weighted by Crippen LogP contribution is 2.28. The van der Waals surface area contributed by atoms with Gasteiger partial charge in [-0.2, -0.15) is 4.37 Å². The van der Waals surface area contributed by atoms with E-state index in [9.17, 15) is 0 Å². The van der Waals surface area contributed by atoms with Crippen LogP contribution in [0.25, 0.3) is 10.2 Å². The lowest BCUT2D eigenvalue weighted by Crippen LogP contribution is -2.42. The van der Waals surface area contributed by atoms with Gasteiger partial charge in [0.05, 0.1) is 11.1 Å². The molecule has 2 atom stereocenters. The van der Waals surface area contributed by atoms with Crippen LogP contribution in [0, 0.1) is 6.92 Å². The van der Waals surface area contributed by atoms with Crippen LogP contribution in [0.2, 0.25) is 0 Å². The molecule has 3 N–H and O–H groups in total. The maximum absolute atomic E-state index is 6.17. The van der Waals surface area contributed by atoms with Crippen LogP contribution in [0.1, 0.15) is 31.4 Å². The summed E-state index contributed by atoms with van der Waals surface area (Å²) in [7, 11) is 0. The third-order valence-electron chi connectivity index (χ3n) is 3.58. The van der Waals surface area contributed by atoms with Crippen LogP contribution in [0.3, 0.4) is 0 Å². The molecular weight excluding hydrogens is 246 g/mol. The molecule has 18 heavy (non-hydrogen) atoms. The molecule has 2 aromatic heterocycles. The maximum Gasteiger partial charge on any atom is 0.149 e. The molecule has 0 bridgehead atoms. The third-order valence-corrected chi connectivity index (χ3v) is 4.43. The van der Waals surface area contributed by atoms with E-state index in [0.29, 0.717) is 6.04 Å². The second kappa shape index (κ2) is 4.78. The largest absolute Gasteiger partial charge is 0.365 e. The number of anilines is 1. The van der Waals surface area contributed by atoms with Crippen molar-refractivity contribution in [2.24, 2.45) is 5.73 Å². The maximum atomic E-state index is 6.17. The molecule has 0 spiro atoms. The molecule has 1 saturated carbocycles. The molecule has 1 aliphatic rings. The number of fused-ring (bicyclic) bond motifs is 1. The molecule has 3 rings (SSSR count). The van der Waals surface area contributed by atoms with E-state index in [0.717, 1.165) is 34.6 Å². The van der Waals surface area contributed by atoms with Gasteiger partial charge >= 0.3 is 0 Å². The van der Waals surface area contributed by atoms with Gasteiger partial charge in [0.15, 0.2) is 0 Å². The molecule has 0 radical (unpaired) electrons. The van der Waals surface area contributed by atoms with Crippen LogP contribution in [-0.4, -0.2) is 26.4 Å². The summed E-state index contributed by atoms with van der Waals surface area (Å²) < 4.78 is 4.34. The highest BCUT2D eigenvalue weighted by atomic mass is 32.1. The zero-order valence-corrected chi connectivity index (χ0v) is 11.2. The van der Waals surface area contributed by atoms with Crippen molar-refractivity contribution in [1.82, 2.24) is 14.3 Å². The number of nitrogens with two attached hydrogens (primary N) is 1. The number of nitrogens with one attached hydrogen (secondary N) is 1. The third kappa shape index (κ3) is 2.06. The van der Waals surface area contributed by atoms with Gasteiger partial charge in [-0.3, -0.25) is 0 Å². The fourth-order valence-corrected chi connectivity index (χ4v) is 3.29. The van der Waals surface area contributed by atoms with Crippen molar-refractivity contribution >= 4 is 27.6 Å². The van der Waals surface area contributed by atoms with Crippen molar-refractivity contribution in [3.8, 4) is 0 Å². The van der Waals surface area contributed by atoms with Crippen molar-refractivity contribution < 1.29 is 0 Å². The van der Waals surface area contributed by atoms with Gasteiger partial charge in [0, 0.05) is 12.1 Å². The number of hydrogen-bond acceptors (Lipinski definition) is 6. The lowest BCUT2D eigenvalue weighted by Gasteiger charge is -2.29. The molecule has 96 valence electrons. The summed E-state index contributed by atoms with van der Waals surface area (Å²) in [5.41, 5.74) is 7.15. The number of aromatic nitrogens is 3. The van der Waals surface area contributed by atoms with Crippen LogP contribution < -0.4 is 11.1 Å². The minimum absolute atomic E-state index is 0.218. The van der Waals surface area contributed by atoms with Gasteiger partial charge in [0.2, 0.25) is 0 Å². The van der Waals surface area contributed by atoms with E-state index in [4.69, 9.17) is 5.73 Å². The van der Waals surface area contributed by atoms with Crippen molar-refractivity contribution in [2.45, 2.75) is 44.7 Å². The summed E-state index contributed by atoms with van der Waals surface area (Å²) >= 11 is 1.42. The Balaban J connectivity index is 1.92. The minimum Gasteiger partial charge on any atom is -0.365 e. The Hall–Kier alpha value is -1.27. The van der Waals surface area contributed by atoms with Gasteiger partial charge in [0.25, 0.3) is 0 Å². The zero-order chi connectivity index (χ0) is 12.5. The Morgan fingerprint density at radius 2 is 2.17 bits per heavy atom. The average molecular weight is 263 g/mol. The van der Waals surface area contributed by atoms with E-state index in [1.807, 2.05) is 6.92 Å². The van der Waals surface area contributed by atoms with Crippen molar-refractivity contribution in [3.05, 3.63) is 12.0 Å². The van der Waals surface area contributed by atoms with Gasteiger partial charge in [-0.15, -0.1) is 0 Å². The van der Waals surface area contributed by atoms with Crippen molar-refractivity contribution in [3.63, 3.8) is 0 Å². The van der Waals surface area contributed by atoms with E-state index < -0.39 is 0 Å². The second-order valence-corrected chi connectivity index (χ2v) is 5.62. The normalized spacial score (nSPS) is 24.3. The molecule has 0 aliphatic heterocycles.